The summed E-state index contributed by atoms with van der Waals surface area (Å²) in [5.74, 6) is -2.62. The molecule has 0 saturated heterocycles. The van der Waals surface area contributed by atoms with Crippen molar-refractivity contribution in [2.75, 3.05) is 0 Å². The van der Waals surface area contributed by atoms with Crippen LogP contribution < -0.4 is 0 Å². The fourth-order valence-electron chi connectivity index (χ4n) is 1.09. The molecule has 0 bridgehead atoms. The Labute approximate surface area is 102 Å². The minimum absolute atomic E-state index is 0. The molecule has 0 heterocycles. The number of hydrogen-bond acceptors (Lipinski definition) is 2. The summed E-state index contributed by atoms with van der Waals surface area (Å²) in [7, 11) is 0. The van der Waals surface area contributed by atoms with Crippen LogP contribution in [0, 0.1) is 0 Å². The fourth-order valence-corrected chi connectivity index (χ4v) is 1.09. The molecular formula is C8H14N2O4Pt. The molecule has 0 aromatic rings. The maximum atomic E-state index is 9.43. The number of carboxylic acids is 2. The molecule has 1 aliphatic carbocycles. The molecule has 0 aliphatic heterocycles. The van der Waals surface area contributed by atoms with E-state index in [-0.39, 0.29) is 33.1 Å². The first-order chi connectivity index (χ1) is 6.43. The van der Waals surface area contributed by atoms with Crippen LogP contribution in [0.1, 0.15) is 25.7 Å². The molecular weight excluding hydrogens is 383 g/mol. The van der Waals surface area contributed by atoms with E-state index in [0.717, 1.165) is 19.3 Å². The van der Waals surface area contributed by atoms with Crippen molar-refractivity contribution >= 4 is 11.9 Å². The second-order valence-electron chi connectivity index (χ2n) is 3.11. The molecule has 6 nitrogen and oxygen atoms in total. The molecule has 1 saturated carbocycles. The SMILES string of the molecule is O=C(O)CC(=O)O.[NH-]C1CCCC1[NH-].[Pt+2]. The van der Waals surface area contributed by atoms with E-state index in [9.17, 15) is 9.59 Å². The Morgan fingerprint density at radius 3 is 1.47 bits per heavy atom. The van der Waals surface area contributed by atoms with Gasteiger partial charge in [0.05, 0.1) is 0 Å². The predicted octanol–water partition coefficient (Wildman–Crippen LogP) is 1.56. The molecule has 15 heavy (non-hydrogen) atoms. The monoisotopic (exact) mass is 397 g/mol. The molecule has 0 amide bonds. The van der Waals surface area contributed by atoms with E-state index in [1.54, 1.807) is 0 Å². The number of nitrogens with one attached hydrogen (secondary N) is 2. The second-order valence-corrected chi connectivity index (χ2v) is 3.11. The molecule has 2 unspecified atom stereocenters. The molecule has 2 atom stereocenters. The zero-order chi connectivity index (χ0) is 11.1. The summed E-state index contributed by atoms with van der Waals surface area (Å²) in [5, 5.41) is 15.4. The third-order valence-electron chi connectivity index (χ3n) is 1.82. The topological polar surface area (TPSA) is 122 Å². The zero-order valence-electron chi connectivity index (χ0n) is 8.01. The molecule has 1 rings (SSSR count). The van der Waals surface area contributed by atoms with Crippen molar-refractivity contribution in [3.63, 3.8) is 0 Å². The molecule has 0 spiro atoms. The van der Waals surface area contributed by atoms with E-state index >= 15 is 0 Å². The summed E-state index contributed by atoms with van der Waals surface area (Å²) < 4.78 is 0. The van der Waals surface area contributed by atoms with Crippen molar-refractivity contribution in [2.45, 2.75) is 37.8 Å². The van der Waals surface area contributed by atoms with E-state index in [1.165, 1.54) is 0 Å². The predicted molar refractivity (Wildman–Crippen MR) is 50.0 cm³/mol. The van der Waals surface area contributed by atoms with Crippen LogP contribution in [0.4, 0.5) is 0 Å². The molecule has 0 aromatic carbocycles. The van der Waals surface area contributed by atoms with Crippen LogP contribution in [0.25, 0.3) is 11.5 Å². The third-order valence-corrected chi connectivity index (χ3v) is 1.82. The first-order valence-electron chi connectivity index (χ1n) is 4.29. The summed E-state index contributed by atoms with van der Waals surface area (Å²) in [6.07, 6.45) is 2.20. The van der Waals surface area contributed by atoms with E-state index in [0.29, 0.717) is 0 Å². The van der Waals surface area contributed by atoms with E-state index in [2.05, 4.69) is 0 Å². The van der Waals surface area contributed by atoms with Crippen LogP contribution in [0.2, 0.25) is 0 Å². The van der Waals surface area contributed by atoms with Gasteiger partial charge in [-0.15, -0.1) is 0 Å². The largest absolute Gasteiger partial charge is 2.00 e. The smallest absolute Gasteiger partial charge is 0.676 e. The molecule has 1 fully saturated rings. The van der Waals surface area contributed by atoms with Crippen LogP contribution >= 0.6 is 0 Å². The van der Waals surface area contributed by atoms with Gasteiger partial charge in [0.15, 0.2) is 0 Å². The van der Waals surface area contributed by atoms with Gasteiger partial charge in [-0.3, -0.25) is 9.59 Å². The van der Waals surface area contributed by atoms with Crippen molar-refractivity contribution in [1.82, 2.24) is 0 Å². The van der Waals surface area contributed by atoms with E-state index in [4.69, 9.17) is 21.7 Å². The van der Waals surface area contributed by atoms with Crippen molar-refractivity contribution in [2.24, 2.45) is 0 Å². The van der Waals surface area contributed by atoms with Gasteiger partial charge in [-0.25, -0.2) is 0 Å². The van der Waals surface area contributed by atoms with Gasteiger partial charge in [-0.05, 0) is 0 Å². The van der Waals surface area contributed by atoms with Gasteiger partial charge in [-0.1, -0.05) is 19.3 Å². The normalized spacial score (nSPS) is 23.3. The molecule has 1 aliphatic rings. The van der Waals surface area contributed by atoms with Crippen molar-refractivity contribution in [3.05, 3.63) is 11.5 Å². The average molecular weight is 397 g/mol. The standard InChI is InChI=1S/C5H10N2.C3H4O4.Pt/c6-4-2-1-3-5(4)7;4-2(5)1-3(6)7;/h4-7H,1-3H2;1H2,(H,4,5)(H,6,7);/q-2;;+2. The van der Waals surface area contributed by atoms with Crippen LogP contribution in [0.3, 0.4) is 0 Å². The van der Waals surface area contributed by atoms with Gasteiger partial charge in [0.25, 0.3) is 0 Å². The quantitative estimate of drug-likeness (QED) is 0.687. The van der Waals surface area contributed by atoms with Crippen molar-refractivity contribution < 1.29 is 40.9 Å². The Balaban J connectivity index is 0. The van der Waals surface area contributed by atoms with Gasteiger partial charge in [0, 0.05) is 0 Å². The summed E-state index contributed by atoms with van der Waals surface area (Å²) in [5.41, 5.74) is 14.3. The number of aliphatic carboxylic acids is 2. The Morgan fingerprint density at radius 1 is 1.07 bits per heavy atom. The van der Waals surface area contributed by atoms with E-state index < -0.39 is 18.4 Å². The number of carboxylic acid groups (broad SMARTS) is 2. The summed E-state index contributed by atoms with van der Waals surface area (Å²) >= 11 is 0. The maximum absolute atomic E-state index is 9.43. The van der Waals surface area contributed by atoms with Crippen LogP contribution in [0.15, 0.2) is 0 Å². The Hall–Kier alpha value is -0.452. The summed E-state index contributed by atoms with van der Waals surface area (Å²) in [6.45, 7) is 0. The summed E-state index contributed by atoms with van der Waals surface area (Å²) in [4.78, 5) is 18.9. The van der Waals surface area contributed by atoms with Crippen molar-refractivity contribution in [1.29, 1.82) is 0 Å². The number of carbonyl (C=O) groups is 2. The minimum atomic E-state index is -1.31. The Morgan fingerprint density at radius 2 is 1.40 bits per heavy atom. The summed E-state index contributed by atoms with van der Waals surface area (Å²) in [6, 6.07) is -0.139. The van der Waals surface area contributed by atoms with E-state index in [1.807, 2.05) is 0 Å². The maximum Gasteiger partial charge on any atom is 2.00 e. The van der Waals surface area contributed by atoms with Gasteiger partial charge >= 0.3 is 33.0 Å². The minimum Gasteiger partial charge on any atom is -0.676 e. The average Bonchev–Trinajstić information content (AvgIpc) is 2.34. The van der Waals surface area contributed by atoms with Crippen LogP contribution in [-0.4, -0.2) is 34.2 Å². The molecule has 0 aromatic heterocycles. The Kier molecular flexibility index (Phi) is 9.98. The first-order valence-corrected chi connectivity index (χ1v) is 4.29. The van der Waals surface area contributed by atoms with Gasteiger partial charge in [-0.2, -0.15) is 12.1 Å². The fraction of sp³-hybridized carbons (Fsp3) is 0.750. The number of hydrogen-bond donors (Lipinski definition) is 2. The van der Waals surface area contributed by atoms with Gasteiger partial charge in [0.2, 0.25) is 0 Å². The van der Waals surface area contributed by atoms with Gasteiger partial charge < -0.3 is 21.7 Å². The van der Waals surface area contributed by atoms with Crippen molar-refractivity contribution in [3.8, 4) is 0 Å². The molecule has 0 radical (unpaired) electrons. The first kappa shape index (κ1) is 17.0. The Bertz CT molecular complexity index is 193. The second kappa shape index (κ2) is 8.82. The third kappa shape index (κ3) is 9.84. The zero-order valence-corrected chi connectivity index (χ0v) is 10.3. The van der Waals surface area contributed by atoms with Gasteiger partial charge in [0.1, 0.15) is 6.42 Å². The molecule has 4 N–H and O–H groups in total. The van der Waals surface area contributed by atoms with Crippen LogP contribution in [-0.2, 0) is 30.7 Å². The molecule has 90 valence electrons. The van der Waals surface area contributed by atoms with Crippen LogP contribution in [0.5, 0.6) is 0 Å². The molecule has 7 heteroatoms. The number of rotatable bonds is 2.